The van der Waals surface area contributed by atoms with Crippen LogP contribution in [-0.4, -0.2) is 50.3 Å². The Kier molecular flexibility index (Phi) is 9.06. The second kappa shape index (κ2) is 9.13. The summed E-state index contributed by atoms with van der Waals surface area (Å²) in [5.41, 5.74) is 0. The standard InChI is InChI=1S/C12H28N2O/c1-6-8-13-9-11(3)14(7-2)12(4)10-15-5/h11-13H,6-10H2,1-5H3. The fourth-order valence-electron chi connectivity index (χ4n) is 2.00. The van der Waals surface area contributed by atoms with Crippen LogP contribution in [0.5, 0.6) is 0 Å². The van der Waals surface area contributed by atoms with Crippen LogP contribution >= 0.6 is 0 Å². The van der Waals surface area contributed by atoms with E-state index in [0.29, 0.717) is 12.1 Å². The molecule has 0 amide bonds. The SMILES string of the molecule is CCCNCC(C)N(CC)C(C)COC. The summed E-state index contributed by atoms with van der Waals surface area (Å²) >= 11 is 0. The normalized spacial score (nSPS) is 15.6. The van der Waals surface area contributed by atoms with Gasteiger partial charge in [-0.25, -0.2) is 0 Å². The van der Waals surface area contributed by atoms with Crippen LogP contribution in [0.2, 0.25) is 0 Å². The van der Waals surface area contributed by atoms with Gasteiger partial charge in [0.15, 0.2) is 0 Å². The summed E-state index contributed by atoms with van der Waals surface area (Å²) in [5, 5.41) is 3.46. The predicted octanol–water partition coefficient (Wildman–Crippen LogP) is 1.73. The topological polar surface area (TPSA) is 24.5 Å². The highest BCUT2D eigenvalue weighted by molar-refractivity contribution is 4.74. The largest absolute Gasteiger partial charge is 0.383 e. The molecule has 0 rings (SSSR count). The van der Waals surface area contributed by atoms with Crippen molar-refractivity contribution in [2.75, 3.05) is 33.4 Å². The molecule has 0 aliphatic carbocycles. The average Bonchev–Trinajstić information content (AvgIpc) is 2.19. The third kappa shape index (κ3) is 6.13. The number of rotatable bonds is 9. The average molecular weight is 216 g/mol. The van der Waals surface area contributed by atoms with E-state index in [2.05, 4.69) is 37.9 Å². The van der Waals surface area contributed by atoms with Gasteiger partial charge in [-0.2, -0.15) is 0 Å². The van der Waals surface area contributed by atoms with Gasteiger partial charge in [-0.1, -0.05) is 13.8 Å². The maximum Gasteiger partial charge on any atom is 0.0615 e. The van der Waals surface area contributed by atoms with Crippen molar-refractivity contribution in [3.8, 4) is 0 Å². The summed E-state index contributed by atoms with van der Waals surface area (Å²) in [5.74, 6) is 0. The Labute approximate surface area is 95.2 Å². The first-order valence-electron chi connectivity index (χ1n) is 6.12. The second-order valence-corrected chi connectivity index (χ2v) is 4.19. The number of nitrogens with zero attached hydrogens (tertiary/aromatic N) is 1. The molecule has 0 aromatic carbocycles. The van der Waals surface area contributed by atoms with Gasteiger partial charge in [-0.15, -0.1) is 0 Å². The molecule has 0 radical (unpaired) electrons. The Bertz CT molecular complexity index is 142. The summed E-state index contributed by atoms with van der Waals surface area (Å²) in [6.45, 7) is 13.0. The predicted molar refractivity (Wildman–Crippen MR) is 66.3 cm³/mol. The molecule has 0 bridgehead atoms. The van der Waals surface area contributed by atoms with Crippen molar-refractivity contribution >= 4 is 0 Å². The first-order chi connectivity index (χ1) is 7.17. The van der Waals surface area contributed by atoms with Gasteiger partial charge in [0.05, 0.1) is 6.61 Å². The highest BCUT2D eigenvalue weighted by Gasteiger charge is 2.17. The Morgan fingerprint density at radius 1 is 1.20 bits per heavy atom. The molecular formula is C12H28N2O. The molecule has 92 valence electrons. The van der Waals surface area contributed by atoms with E-state index in [4.69, 9.17) is 4.74 Å². The minimum absolute atomic E-state index is 0.499. The molecule has 1 N–H and O–H groups in total. The molecule has 2 unspecified atom stereocenters. The van der Waals surface area contributed by atoms with E-state index in [-0.39, 0.29) is 0 Å². The summed E-state index contributed by atoms with van der Waals surface area (Å²) in [6, 6.07) is 1.07. The highest BCUT2D eigenvalue weighted by Crippen LogP contribution is 2.05. The minimum atomic E-state index is 0.499. The zero-order chi connectivity index (χ0) is 11.7. The van der Waals surface area contributed by atoms with Crippen LogP contribution in [0.25, 0.3) is 0 Å². The third-order valence-corrected chi connectivity index (χ3v) is 2.77. The number of hydrogen-bond donors (Lipinski definition) is 1. The Balaban J connectivity index is 3.91. The zero-order valence-electron chi connectivity index (χ0n) is 11.0. The van der Waals surface area contributed by atoms with Crippen LogP contribution < -0.4 is 5.32 Å². The third-order valence-electron chi connectivity index (χ3n) is 2.77. The van der Waals surface area contributed by atoms with Crippen molar-refractivity contribution < 1.29 is 4.74 Å². The van der Waals surface area contributed by atoms with Crippen LogP contribution in [0.3, 0.4) is 0 Å². The van der Waals surface area contributed by atoms with E-state index in [1.54, 1.807) is 7.11 Å². The van der Waals surface area contributed by atoms with E-state index < -0.39 is 0 Å². The smallest absolute Gasteiger partial charge is 0.0615 e. The van der Waals surface area contributed by atoms with Crippen LogP contribution in [0.4, 0.5) is 0 Å². The number of nitrogens with one attached hydrogen (secondary N) is 1. The monoisotopic (exact) mass is 216 g/mol. The molecule has 0 saturated heterocycles. The molecule has 0 aromatic heterocycles. The second-order valence-electron chi connectivity index (χ2n) is 4.19. The van der Waals surface area contributed by atoms with E-state index in [0.717, 1.165) is 26.2 Å². The van der Waals surface area contributed by atoms with Crippen LogP contribution in [-0.2, 0) is 4.74 Å². The lowest BCUT2D eigenvalue weighted by Gasteiger charge is -2.33. The van der Waals surface area contributed by atoms with Gasteiger partial charge in [0.2, 0.25) is 0 Å². The molecule has 0 aliphatic rings. The summed E-state index contributed by atoms with van der Waals surface area (Å²) in [4.78, 5) is 2.48. The Morgan fingerprint density at radius 3 is 2.33 bits per heavy atom. The molecule has 0 spiro atoms. The lowest BCUT2D eigenvalue weighted by atomic mass is 10.2. The molecule has 0 aliphatic heterocycles. The number of methoxy groups -OCH3 is 1. The first-order valence-corrected chi connectivity index (χ1v) is 6.12. The molecule has 15 heavy (non-hydrogen) atoms. The molecule has 0 fully saturated rings. The summed E-state index contributed by atoms with van der Waals surface area (Å²) in [7, 11) is 1.77. The van der Waals surface area contributed by atoms with Gasteiger partial charge in [-0.3, -0.25) is 4.90 Å². The lowest BCUT2D eigenvalue weighted by molar-refractivity contribution is 0.0781. The van der Waals surface area contributed by atoms with E-state index in [9.17, 15) is 0 Å². The van der Waals surface area contributed by atoms with Gasteiger partial charge in [0, 0.05) is 25.7 Å². The molecule has 0 saturated carbocycles. The van der Waals surface area contributed by atoms with Crippen LogP contribution in [0.15, 0.2) is 0 Å². The quantitative estimate of drug-likeness (QED) is 0.594. The maximum atomic E-state index is 5.20. The number of hydrogen-bond acceptors (Lipinski definition) is 3. The summed E-state index contributed by atoms with van der Waals surface area (Å²) < 4.78 is 5.20. The van der Waals surface area contributed by atoms with Crippen LogP contribution in [0, 0.1) is 0 Å². The van der Waals surface area contributed by atoms with Gasteiger partial charge in [0.1, 0.15) is 0 Å². The van der Waals surface area contributed by atoms with Crippen molar-refractivity contribution in [3.05, 3.63) is 0 Å². The Morgan fingerprint density at radius 2 is 1.87 bits per heavy atom. The van der Waals surface area contributed by atoms with E-state index in [1.165, 1.54) is 6.42 Å². The van der Waals surface area contributed by atoms with Crippen molar-refractivity contribution in [3.63, 3.8) is 0 Å². The molecule has 0 aromatic rings. The van der Waals surface area contributed by atoms with Crippen LogP contribution in [0.1, 0.15) is 34.1 Å². The number of likely N-dealkylation sites (N-methyl/N-ethyl adjacent to an activating group) is 1. The van der Waals surface area contributed by atoms with Crippen molar-refractivity contribution in [1.82, 2.24) is 10.2 Å². The van der Waals surface area contributed by atoms with E-state index in [1.807, 2.05) is 0 Å². The zero-order valence-corrected chi connectivity index (χ0v) is 11.0. The van der Waals surface area contributed by atoms with Gasteiger partial charge >= 0.3 is 0 Å². The Hall–Kier alpha value is -0.120. The molecule has 3 nitrogen and oxygen atoms in total. The van der Waals surface area contributed by atoms with E-state index >= 15 is 0 Å². The van der Waals surface area contributed by atoms with Gasteiger partial charge < -0.3 is 10.1 Å². The van der Waals surface area contributed by atoms with Crippen molar-refractivity contribution in [2.24, 2.45) is 0 Å². The molecule has 2 atom stereocenters. The summed E-state index contributed by atoms with van der Waals surface area (Å²) in [6.07, 6.45) is 1.20. The lowest BCUT2D eigenvalue weighted by Crippen LogP contribution is -2.46. The maximum absolute atomic E-state index is 5.20. The molecule has 0 heterocycles. The fourth-order valence-corrected chi connectivity index (χ4v) is 2.00. The number of ether oxygens (including phenoxy) is 1. The fraction of sp³-hybridized carbons (Fsp3) is 1.00. The molecule has 3 heteroatoms. The highest BCUT2D eigenvalue weighted by atomic mass is 16.5. The minimum Gasteiger partial charge on any atom is -0.383 e. The first kappa shape index (κ1) is 14.9. The van der Waals surface area contributed by atoms with Gasteiger partial charge in [0.25, 0.3) is 0 Å². The van der Waals surface area contributed by atoms with Crippen molar-refractivity contribution in [2.45, 2.75) is 46.2 Å². The molecular weight excluding hydrogens is 188 g/mol. The van der Waals surface area contributed by atoms with Crippen molar-refractivity contribution in [1.29, 1.82) is 0 Å². The van der Waals surface area contributed by atoms with Gasteiger partial charge in [-0.05, 0) is 33.4 Å².